The fourth-order valence-corrected chi connectivity index (χ4v) is 2.28. The van der Waals surface area contributed by atoms with Gasteiger partial charge in [0.05, 0.1) is 11.0 Å². The number of H-pyrrole nitrogens is 1. The molecule has 0 spiro atoms. The van der Waals surface area contributed by atoms with Gasteiger partial charge in [0.25, 0.3) is 0 Å². The standard InChI is InChI=1S/C14H19N3/c1-9(14(3)6-7-14)15-11-4-5-12-13(8-11)17-10(2)16-12/h4-5,8-9,15H,6-7H2,1-3H3,(H,16,17). The van der Waals surface area contributed by atoms with Crippen LogP contribution in [0.25, 0.3) is 11.0 Å². The molecule has 0 aliphatic heterocycles. The fraction of sp³-hybridized carbons (Fsp3) is 0.500. The molecule has 1 saturated carbocycles. The van der Waals surface area contributed by atoms with E-state index < -0.39 is 0 Å². The van der Waals surface area contributed by atoms with Gasteiger partial charge in [-0.1, -0.05) is 6.92 Å². The van der Waals surface area contributed by atoms with E-state index in [-0.39, 0.29) is 0 Å². The first kappa shape index (κ1) is 10.6. The minimum absolute atomic E-state index is 0.499. The molecule has 3 nitrogen and oxygen atoms in total. The van der Waals surface area contributed by atoms with Crippen molar-refractivity contribution in [2.24, 2.45) is 5.41 Å². The predicted octanol–water partition coefficient (Wildman–Crippen LogP) is 3.47. The van der Waals surface area contributed by atoms with Gasteiger partial charge < -0.3 is 10.3 Å². The highest BCUT2D eigenvalue weighted by atomic mass is 15.0. The molecule has 1 aliphatic carbocycles. The van der Waals surface area contributed by atoms with E-state index in [1.54, 1.807) is 0 Å². The van der Waals surface area contributed by atoms with E-state index in [2.05, 4.69) is 47.3 Å². The van der Waals surface area contributed by atoms with Gasteiger partial charge in [-0.3, -0.25) is 0 Å². The number of aromatic nitrogens is 2. The average Bonchev–Trinajstić information content (AvgIpc) is 2.91. The van der Waals surface area contributed by atoms with Crippen LogP contribution in [0.1, 0.15) is 32.5 Å². The zero-order valence-electron chi connectivity index (χ0n) is 10.7. The zero-order chi connectivity index (χ0) is 12.0. The molecule has 0 saturated heterocycles. The van der Waals surface area contributed by atoms with Crippen molar-refractivity contribution in [2.75, 3.05) is 5.32 Å². The normalized spacial score (nSPS) is 19.2. The molecule has 1 atom stereocenters. The van der Waals surface area contributed by atoms with Gasteiger partial charge in [0.1, 0.15) is 5.82 Å². The van der Waals surface area contributed by atoms with E-state index in [1.807, 2.05) is 6.92 Å². The third-order valence-electron chi connectivity index (χ3n) is 4.07. The number of imidazole rings is 1. The Balaban J connectivity index is 1.85. The van der Waals surface area contributed by atoms with Gasteiger partial charge in [0, 0.05) is 11.7 Å². The Morgan fingerprint density at radius 1 is 1.41 bits per heavy atom. The molecule has 3 heteroatoms. The van der Waals surface area contributed by atoms with Crippen molar-refractivity contribution in [3.8, 4) is 0 Å². The quantitative estimate of drug-likeness (QED) is 0.846. The smallest absolute Gasteiger partial charge is 0.104 e. The molecule has 1 aromatic heterocycles. The Labute approximate surface area is 102 Å². The SMILES string of the molecule is Cc1nc2ccc(NC(C)C3(C)CC3)cc2[nH]1. The first-order chi connectivity index (χ1) is 8.07. The fourth-order valence-electron chi connectivity index (χ4n) is 2.28. The molecular formula is C14H19N3. The highest BCUT2D eigenvalue weighted by Crippen LogP contribution is 2.48. The highest BCUT2D eigenvalue weighted by Gasteiger charge is 2.42. The lowest BCUT2D eigenvalue weighted by atomic mass is 10.0. The molecule has 1 unspecified atom stereocenters. The molecular weight excluding hydrogens is 210 g/mol. The van der Waals surface area contributed by atoms with Gasteiger partial charge in [0.2, 0.25) is 0 Å². The van der Waals surface area contributed by atoms with Gasteiger partial charge in [-0.15, -0.1) is 0 Å². The van der Waals surface area contributed by atoms with Crippen LogP contribution >= 0.6 is 0 Å². The molecule has 1 aliphatic rings. The summed E-state index contributed by atoms with van der Waals surface area (Å²) < 4.78 is 0. The minimum Gasteiger partial charge on any atom is -0.382 e. The molecule has 17 heavy (non-hydrogen) atoms. The van der Waals surface area contributed by atoms with Gasteiger partial charge in [0.15, 0.2) is 0 Å². The largest absolute Gasteiger partial charge is 0.382 e. The van der Waals surface area contributed by atoms with Gasteiger partial charge >= 0.3 is 0 Å². The summed E-state index contributed by atoms with van der Waals surface area (Å²) in [5.74, 6) is 0.972. The third-order valence-corrected chi connectivity index (χ3v) is 4.07. The Morgan fingerprint density at radius 2 is 2.18 bits per heavy atom. The van der Waals surface area contributed by atoms with Crippen LogP contribution in [0.4, 0.5) is 5.69 Å². The Kier molecular flexibility index (Phi) is 2.18. The van der Waals surface area contributed by atoms with Gasteiger partial charge in [-0.25, -0.2) is 4.98 Å². The Bertz CT molecular complexity index is 552. The van der Waals surface area contributed by atoms with Crippen molar-refractivity contribution in [1.29, 1.82) is 0 Å². The molecule has 90 valence electrons. The number of benzene rings is 1. The second-order valence-electron chi connectivity index (χ2n) is 5.57. The van der Waals surface area contributed by atoms with Crippen LogP contribution in [0.3, 0.4) is 0 Å². The van der Waals surface area contributed by atoms with E-state index in [0.717, 1.165) is 16.9 Å². The second kappa shape index (κ2) is 3.49. The molecule has 0 amide bonds. The minimum atomic E-state index is 0.499. The Hall–Kier alpha value is -1.51. The van der Waals surface area contributed by atoms with E-state index in [4.69, 9.17) is 0 Å². The number of aromatic amines is 1. The lowest BCUT2D eigenvalue weighted by Crippen LogP contribution is -2.24. The van der Waals surface area contributed by atoms with Gasteiger partial charge in [-0.2, -0.15) is 0 Å². The van der Waals surface area contributed by atoms with E-state index in [9.17, 15) is 0 Å². The first-order valence-corrected chi connectivity index (χ1v) is 6.30. The first-order valence-electron chi connectivity index (χ1n) is 6.30. The van der Waals surface area contributed by atoms with Crippen LogP contribution in [-0.2, 0) is 0 Å². The highest BCUT2D eigenvalue weighted by molar-refractivity contribution is 5.79. The van der Waals surface area contributed by atoms with Crippen LogP contribution in [0.15, 0.2) is 18.2 Å². The monoisotopic (exact) mass is 229 g/mol. The van der Waals surface area contributed by atoms with Crippen LogP contribution < -0.4 is 5.32 Å². The van der Waals surface area contributed by atoms with Crippen LogP contribution in [0, 0.1) is 12.3 Å². The predicted molar refractivity (Wildman–Crippen MR) is 71.3 cm³/mol. The van der Waals surface area contributed by atoms with Crippen molar-refractivity contribution < 1.29 is 0 Å². The van der Waals surface area contributed by atoms with Crippen molar-refractivity contribution in [1.82, 2.24) is 9.97 Å². The maximum Gasteiger partial charge on any atom is 0.104 e. The summed E-state index contributed by atoms with van der Waals surface area (Å²) in [6.07, 6.45) is 2.68. The van der Waals surface area contributed by atoms with Crippen molar-refractivity contribution >= 4 is 16.7 Å². The second-order valence-corrected chi connectivity index (χ2v) is 5.57. The maximum absolute atomic E-state index is 4.41. The maximum atomic E-state index is 4.41. The summed E-state index contributed by atoms with van der Waals surface area (Å²) >= 11 is 0. The number of rotatable bonds is 3. The van der Waals surface area contributed by atoms with E-state index in [1.165, 1.54) is 18.5 Å². The Morgan fingerprint density at radius 3 is 2.88 bits per heavy atom. The summed E-state index contributed by atoms with van der Waals surface area (Å²) in [6, 6.07) is 6.87. The number of hydrogen-bond donors (Lipinski definition) is 2. The summed E-state index contributed by atoms with van der Waals surface area (Å²) in [5, 5.41) is 3.60. The van der Waals surface area contributed by atoms with E-state index in [0.29, 0.717) is 11.5 Å². The molecule has 2 N–H and O–H groups in total. The molecule has 1 heterocycles. The number of nitrogens with one attached hydrogen (secondary N) is 2. The zero-order valence-corrected chi connectivity index (χ0v) is 10.7. The van der Waals surface area contributed by atoms with Crippen molar-refractivity contribution in [3.63, 3.8) is 0 Å². The molecule has 3 rings (SSSR count). The number of anilines is 1. The summed E-state index contributed by atoms with van der Waals surface area (Å²) in [5.41, 5.74) is 3.83. The lowest BCUT2D eigenvalue weighted by Gasteiger charge is -2.21. The van der Waals surface area contributed by atoms with E-state index >= 15 is 0 Å². The molecule has 1 aromatic carbocycles. The molecule has 1 fully saturated rings. The molecule has 2 aromatic rings. The summed E-state index contributed by atoms with van der Waals surface area (Å²) in [4.78, 5) is 7.69. The number of hydrogen-bond acceptors (Lipinski definition) is 2. The van der Waals surface area contributed by atoms with Crippen molar-refractivity contribution in [3.05, 3.63) is 24.0 Å². The lowest BCUT2D eigenvalue weighted by molar-refractivity contribution is 0.493. The number of nitrogens with zero attached hydrogens (tertiary/aromatic N) is 1. The van der Waals surface area contributed by atoms with Gasteiger partial charge in [-0.05, 0) is 50.3 Å². The summed E-state index contributed by atoms with van der Waals surface area (Å²) in [7, 11) is 0. The third kappa shape index (κ3) is 1.90. The number of fused-ring (bicyclic) bond motifs is 1. The van der Waals surface area contributed by atoms with Crippen LogP contribution in [-0.4, -0.2) is 16.0 Å². The van der Waals surface area contributed by atoms with Crippen LogP contribution in [0.5, 0.6) is 0 Å². The molecule has 0 radical (unpaired) electrons. The molecule has 0 bridgehead atoms. The topological polar surface area (TPSA) is 40.7 Å². The van der Waals surface area contributed by atoms with Crippen molar-refractivity contribution in [2.45, 2.75) is 39.7 Å². The number of aryl methyl sites for hydroxylation is 1. The van der Waals surface area contributed by atoms with Crippen LogP contribution in [0.2, 0.25) is 0 Å². The average molecular weight is 229 g/mol. The summed E-state index contributed by atoms with van der Waals surface area (Å²) in [6.45, 7) is 6.61.